The van der Waals surface area contributed by atoms with E-state index in [4.69, 9.17) is 0 Å². The Morgan fingerprint density at radius 3 is 2.71 bits per heavy atom. The molecule has 0 fully saturated rings. The molecule has 1 N–H and O–H groups in total. The van der Waals surface area contributed by atoms with Crippen molar-refractivity contribution in [1.29, 1.82) is 0 Å². The van der Waals surface area contributed by atoms with Crippen molar-refractivity contribution in [2.45, 2.75) is 20.0 Å². The number of nitrogens with zero attached hydrogens (tertiary/aromatic N) is 3. The second-order valence-electron chi connectivity index (χ2n) is 5.28. The second-order valence-corrected chi connectivity index (χ2v) is 6.07. The summed E-state index contributed by atoms with van der Waals surface area (Å²) in [6.45, 7) is 3.68. The van der Waals surface area contributed by atoms with Gasteiger partial charge in [-0.15, -0.1) is 0 Å². The van der Waals surface area contributed by atoms with Gasteiger partial charge in [0.25, 0.3) is 0 Å². The van der Waals surface area contributed by atoms with Gasteiger partial charge in [-0.05, 0) is 47.4 Å². The highest BCUT2D eigenvalue weighted by atomic mass is 79.9. The number of aryl methyl sites for hydroxylation is 2. The van der Waals surface area contributed by atoms with E-state index in [-0.39, 0.29) is 0 Å². The van der Waals surface area contributed by atoms with E-state index in [1.165, 1.54) is 22.3 Å². The molecule has 0 amide bonds. The molecule has 0 aliphatic rings. The lowest BCUT2D eigenvalue weighted by molar-refractivity contribution is 0.644. The molecule has 21 heavy (non-hydrogen) atoms. The zero-order valence-corrected chi connectivity index (χ0v) is 14.1. The molecule has 0 unspecified atom stereocenters. The minimum Gasteiger partial charge on any atom is -0.337 e. The molecule has 0 atom stereocenters. The lowest BCUT2D eigenvalue weighted by atomic mass is 10.2. The number of para-hydroxylation sites is 1. The number of nitrogens with one attached hydrogen (secondary N) is 1. The Labute approximate surface area is 132 Å². The summed E-state index contributed by atoms with van der Waals surface area (Å²) in [5.41, 5.74) is 4.75. The van der Waals surface area contributed by atoms with E-state index in [0.29, 0.717) is 0 Å². The van der Waals surface area contributed by atoms with Crippen LogP contribution in [0.25, 0.3) is 10.9 Å². The summed E-state index contributed by atoms with van der Waals surface area (Å²) >= 11 is 3.66. The van der Waals surface area contributed by atoms with Gasteiger partial charge in [-0.25, -0.2) is 0 Å². The molecule has 0 saturated heterocycles. The fraction of sp³-hybridized carbons (Fsp3) is 0.312. The van der Waals surface area contributed by atoms with Crippen molar-refractivity contribution in [3.8, 4) is 0 Å². The molecule has 5 heteroatoms. The van der Waals surface area contributed by atoms with E-state index in [9.17, 15) is 0 Å². The van der Waals surface area contributed by atoms with Crippen molar-refractivity contribution in [1.82, 2.24) is 19.7 Å². The van der Waals surface area contributed by atoms with Gasteiger partial charge in [-0.2, -0.15) is 5.10 Å². The third kappa shape index (κ3) is 2.51. The van der Waals surface area contributed by atoms with Crippen molar-refractivity contribution < 1.29 is 0 Å². The highest BCUT2D eigenvalue weighted by Gasteiger charge is 2.14. The molecule has 0 aliphatic heterocycles. The van der Waals surface area contributed by atoms with Crippen molar-refractivity contribution >= 4 is 26.8 Å². The van der Waals surface area contributed by atoms with Crippen LogP contribution in [0.2, 0.25) is 0 Å². The molecule has 2 aromatic heterocycles. The lowest BCUT2D eigenvalue weighted by Gasteiger charge is -2.11. The number of hydrogen-bond acceptors (Lipinski definition) is 2. The summed E-state index contributed by atoms with van der Waals surface area (Å²) < 4.78 is 5.41. The minimum absolute atomic E-state index is 0.808. The maximum atomic E-state index is 4.49. The Morgan fingerprint density at radius 2 is 2.05 bits per heavy atom. The average Bonchev–Trinajstić information content (AvgIpc) is 2.92. The van der Waals surface area contributed by atoms with Crippen LogP contribution < -0.4 is 5.32 Å². The quantitative estimate of drug-likeness (QED) is 0.787. The fourth-order valence-electron chi connectivity index (χ4n) is 2.78. The Hall–Kier alpha value is -1.59. The number of hydrogen-bond donors (Lipinski definition) is 1. The van der Waals surface area contributed by atoms with Crippen molar-refractivity contribution in [3.63, 3.8) is 0 Å². The van der Waals surface area contributed by atoms with Gasteiger partial charge in [0, 0.05) is 24.8 Å². The van der Waals surface area contributed by atoms with Crippen LogP contribution >= 0.6 is 15.9 Å². The molecular formula is C16H19BrN4. The van der Waals surface area contributed by atoms with E-state index >= 15 is 0 Å². The molecule has 0 saturated carbocycles. The fourth-order valence-corrected chi connectivity index (χ4v) is 3.24. The molecule has 3 rings (SSSR count). The number of fused-ring (bicyclic) bond motifs is 1. The summed E-state index contributed by atoms with van der Waals surface area (Å²) in [5, 5.41) is 9.01. The first-order valence-electron chi connectivity index (χ1n) is 7.01. The molecule has 110 valence electrons. The zero-order valence-electron chi connectivity index (χ0n) is 12.5. The van der Waals surface area contributed by atoms with Crippen LogP contribution in [-0.4, -0.2) is 21.4 Å². The summed E-state index contributed by atoms with van der Waals surface area (Å²) in [4.78, 5) is 0. The van der Waals surface area contributed by atoms with Crippen LogP contribution in [0.3, 0.4) is 0 Å². The normalized spacial score (nSPS) is 11.4. The Kier molecular flexibility index (Phi) is 3.87. The van der Waals surface area contributed by atoms with E-state index in [2.05, 4.69) is 61.2 Å². The average molecular weight is 347 g/mol. The highest BCUT2D eigenvalue weighted by Crippen LogP contribution is 2.25. The molecule has 0 bridgehead atoms. The van der Waals surface area contributed by atoms with Crippen LogP contribution in [0.15, 0.2) is 34.8 Å². The molecule has 2 heterocycles. The predicted octanol–water partition coefficient (Wildman–Crippen LogP) is 3.21. The largest absolute Gasteiger partial charge is 0.337 e. The summed E-state index contributed by atoms with van der Waals surface area (Å²) in [6.07, 6.45) is 0. The minimum atomic E-state index is 0.808. The SMILES string of the molecule is CNCc1cc2ccccc2n1Cc1c(Br)c(C)nn1C. The topological polar surface area (TPSA) is 34.8 Å². The first kappa shape index (κ1) is 14.4. The highest BCUT2D eigenvalue weighted by molar-refractivity contribution is 9.10. The van der Waals surface area contributed by atoms with Gasteiger partial charge in [0.2, 0.25) is 0 Å². The first-order valence-corrected chi connectivity index (χ1v) is 7.81. The zero-order chi connectivity index (χ0) is 15.0. The van der Waals surface area contributed by atoms with Crippen LogP contribution in [0.5, 0.6) is 0 Å². The van der Waals surface area contributed by atoms with Crippen molar-refractivity contribution in [2.24, 2.45) is 7.05 Å². The van der Waals surface area contributed by atoms with Gasteiger partial charge >= 0.3 is 0 Å². The Morgan fingerprint density at radius 1 is 1.29 bits per heavy atom. The molecule has 3 aromatic rings. The monoisotopic (exact) mass is 346 g/mol. The summed E-state index contributed by atoms with van der Waals surface area (Å²) in [6, 6.07) is 10.8. The molecule has 4 nitrogen and oxygen atoms in total. The second kappa shape index (κ2) is 5.66. The first-order chi connectivity index (χ1) is 10.1. The number of rotatable bonds is 4. The van der Waals surface area contributed by atoms with E-state index < -0.39 is 0 Å². The van der Waals surface area contributed by atoms with Crippen molar-refractivity contribution in [3.05, 3.63) is 51.9 Å². The summed E-state index contributed by atoms with van der Waals surface area (Å²) in [5.74, 6) is 0. The number of halogens is 1. The van der Waals surface area contributed by atoms with E-state index in [0.717, 1.165) is 23.3 Å². The van der Waals surface area contributed by atoms with Crippen LogP contribution in [-0.2, 0) is 20.1 Å². The van der Waals surface area contributed by atoms with E-state index in [1.54, 1.807) is 0 Å². The maximum absolute atomic E-state index is 4.49. The van der Waals surface area contributed by atoms with Crippen LogP contribution in [0.4, 0.5) is 0 Å². The Bertz CT molecular complexity index is 785. The van der Waals surface area contributed by atoms with Gasteiger partial charge < -0.3 is 9.88 Å². The smallest absolute Gasteiger partial charge is 0.0739 e. The molecule has 0 spiro atoms. The third-order valence-electron chi connectivity index (χ3n) is 3.82. The lowest BCUT2D eigenvalue weighted by Crippen LogP contribution is -2.13. The van der Waals surface area contributed by atoms with Gasteiger partial charge in [0.15, 0.2) is 0 Å². The van der Waals surface area contributed by atoms with Gasteiger partial charge in [-0.1, -0.05) is 18.2 Å². The predicted molar refractivity (Wildman–Crippen MR) is 89.4 cm³/mol. The van der Waals surface area contributed by atoms with Gasteiger partial charge in [-0.3, -0.25) is 4.68 Å². The standard InChI is InChI=1S/C16H19BrN4/c1-11-16(17)15(20(3)19-11)10-21-13(9-18-2)8-12-6-4-5-7-14(12)21/h4-8,18H,9-10H2,1-3H3. The molecule has 0 aliphatic carbocycles. The van der Waals surface area contributed by atoms with E-state index in [1.807, 2.05) is 25.7 Å². The molecular weight excluding hydrogens is 328 g/mol. The van der Waals surface area contributed by atoms with Gasteiger partial charge in [0.05, 0.1) is 22.4 Å². The van der Waals surface area contributed by atoms with Crippen LogP contribution in [0.1, 0.15) is 17.1 Å². The van der Waals surface area contributed by atoms with Crippen LogP contribution in [0, 0.1) is 6.92 Å². The van der Waals surface area contributed by atoms with Crippen molar-refractivity contribution in [2.75, 3.05) is 7.05 Å². The third-order valence-corrected chi connectivity index (χ3v) is 4.86. The molecule has 1 aromatic carbocycles. The molecule has 0 radical (unpaired) electrons. The van der Waals surface area contributed by atoms with Gasteiger partial charge in [0.1, 0.15) is 0 Å². The Balaban J connectivity index is 2.12. The number of aromatic nitrogens is 3. The maximum Gasteiger partial charge on any atom is 0.0739 e. The summed E-state index contributed by atoms with van der Waals surface area (Å²) in [7, 11) is 3.97. The number of benzene rings is 1.